The number of hydrogen-bond donors (Lipinski definition) is 2. The van der Waals surface area contributed by atoms with Crippen LogP contribution in [0, 0.1) is 6.92 Å². The number of hydrogen-bond acceptors (Lipinski definition) is 6. The molecular weight excluding hydrogens is 434 g/mol. The summed E-state index contributed by atoms with van der Waals surface area (Å²) in [5.41, 5.74) is 8.50. The van der Waals surface area contributed by atoms with Crippen molar-refractivity contribution >= 4 is 23.3 Å². The van der Waals surface area contributed by atoms with E-state index in [9.17, 15) is 9.59 Å². The molecule has 0 saturated carbocycles. The number of benzene rings is 2. The summed E-state index contributed by atoms with van der Waals surface area (Å²) in [4.78, 5) is 31.0. The second kappa shape index (κ2) is 11.6. The third-order valence-electron chi connectivity index (χ3n) is 5.91. The average molecular weight is 470 g/mol. The van der Waals surface area contributed by atoms with E-state index in [0.29, 0.717) is 48.0 Å². The molecule has 0 atom stereocenters. The van der Waals surface area contributed by atoms with Crippen molar-refractivity contribution in [3.63, 3.8) is 0 Å². The lowest BCUT2D eigenvalue weighted by Crippen LogP contribution is -2.50. The average Bonchev–Trinajstić information content (AvgIpc) is 2.83. The summed E-state index contributed by atoms with van der Waals surface area (Å²) in [5.74, 6) is 0.869. The number of carbonyl (C=O) groups excluding carboxylic acids is 2. The van der Waals surface area contributed by atoms with Gasteiger partial charge in [0.2, 0.25) is 0 Å². The highest BCUT2D eigenvalue weighted by atomic mass is 16.5. The normalized spacial score (nSPS) is 13.9. The zero-order valence-corrected chi connectivity index (χ0v) is 20.5. The van der Waals surface area contributed by atoms with Crippen molar-refractivity contribution in [2.75, 3.05) is 71.2 Å². The largest absolute Gasteiger partial charge is 0.495 e. The number of nitrogen functional groups attached to an aromatic ring is 1. The Bertz CT molecular complexity index is 1000. The van der Waals surface area contributed by atoms with Crippen LogP contribution < -0.4 is 25.4 Å². The lowest BCUT2D eigenvalue weighted by atomic mass is 10.1. The minimum Gasteiger partial charge on any atom is -0.495 e. The molecule has 0 aromatic heterocycles. The van der Waals surface area contributed by atoms with Crippen molar-refractivity contribution < 1.29 is 19.1 Å². The minimum absolute atomic E-state index is 0.0337. The summed E-state index contributed by atoms with van der Waals surface area (Å²) >= 11 is 0. The standard InChI is InChI=1S/C25H35N5O4/c1-18-6-9-21(29(3)24(31)19-7-8-20(26)22(17-19)33-4)23(16-18)34-15-5-10-27-25(32)30-13-11-28(2)12-14-30/h6-9,16-17H,5,10-15,26H2,1-4H3,(H,27,32). The Labute approximate surface area is 201 Å². The fraction of sp³-hybridized carbons (Fsp3) is 0.440. The number of likely N-dealkylation sites (N-methyl/N-ethyl adjacent to an activating group) is 1. The van der Waals surface area contributed by atoms with Gasteiger partial charge in [-0.15, -0.1) is 0 Å². The topological polar surface area (TPSA) is 100 Å². The molecule has 0 radical (unpaired) electrons. The molecule has 1 heterocycles. The van der Waals surface area contributed by atoms with E-state index in [1.54, 1.807) is 30.1 Å². The van der Waals surface area contributed by atoms with Crippen LogP contribution in [0.3, 0.4) is 0 Å². The molecule has 1 saturated heterocycles. The molecule has 2 aromatic rings. The number of rotatable bonds is 8. The van der Waals surface area contributed by atoms with Crippen LogP contribution in [-0.2, 0) is 0 Å². The van der Waals surface area contributed by atoms with Crippen LogP contribution in [0.1, 0.15) is 22.3 Å². The van der Waals surface area contributed by atoms with Gasteiger partial charge in [0.05, 0.1) is 25.1 Å². The molecule has 0 spiro atoms. The van der Waals surface area contributed by atoms with Crippen molar-refractivity contribution in [2.45, 2.75) is 13.3 Å². The van der Waals surface area contributed by atoms with E-state index >= 15 is 0 Å². The molecule has 3 rings (SSSR count). The number of piperazine rings is 1. The lowest BCUT2D eigenvalue weighted by molar-refractivity contribution is 0.0991. The van der Waals surface area contributed by atoms with Gasteiger partial charge >= 0.3 is 6.03 Å². The summed E-state index contributed by atoms with van der Waals surface area (Å²) in [6, 6.07) is 10.6. The molecule has 34 heavy (non-hydrogen) atoms. The highest BCUT2D eigenvalue weighted by molar-refractivity contribution is 6.07. The Kier molecular flexibility index (Phi) is 8.59. The van der Waals surface area contributed by atoms with Gasteiger partial charge in [0.25, 0.3) is 5.91 Å². The third kappa shape index (κ3) is 6.32. The summed E-state index contributed by atoms with van der Waals surface area (Å²) < 4.78 is 11.3. The zero-order chi connectivity index (χ0) is 24.7. The van der Waals surface area contributed by atoms with Gasteiger partial charge in [-0.3, -0.25) is 4.79 Å². The second-order valence-electron chi connectivity index (χ2n) is 8.52. The first kappa shape index (κ1) is 25.2. The fourth-order valence-corrected chi connectivity index (χ4v) is 3.73. The van der Waals surface area contributed by atoms with Crippen molar-refractivity contribution in [1.82, 2.24) is 15.1 Å². The first-order valence-electron chi connectivity index (χ1n) is 11.5. The molecular formula is C25H35N5O4. The molecule has 0 aliphatic carbocycles. The molecule has 1 fully saturated rings. The highest BCUT2D eigenvalue weighted by Gasteiger charge is 2.20. The molecule has 2 aromatic carbocycles. The van der Waals surface area contributed by atoms with Gasteiger partial charge in [-0.05, 0) is 56.3 Å². The van der Waals surface area contributed by atoms with Gasteiger partial charge in [-0.2, -0.15) is 0 Å². The van der Waals surface area contributed by atoms with Gasteiger partial charge in [-0.25, -0.2) is 4.79 Å². The predicted octanol–water partition coefficient (Wildman–Crippen LogP) is 2.59. The number of anilines is 2. The molecule has 0 bridgehead atoms. The molecule has 184 valence electrons. The summed E-state index contributed by atoms with van der Waals surface area (Å²) in [6.45, 7) is 6.17. The Morgan fingerprint density at radius 2 is 1.82 bits per heavy atom. The summed E-state index contributed by atoms with van der Waals surface area (Å²) in [6.07, 6.45) is 0.652. The fourth-order valence-electron chi connectivity index (χ4n) is 3.73. The molecule has 9 heteroatoms. The smallest absolute Gasteiger partial charge is 0.317 e. The number of nitrogens with zero attached hydrogens (tertiary/aromatic N) is 3. The second-order valence-corrected chi connectivity index (χ2v) is 8.52. The molecule has 3 N–H and O–H groups in total. The van der Waals surface area contributed by atoms with Gasteiger partial charge in [0.15, 0.2) is 0 Å². The van der Waals surface area contributed by atoms with E-state index < -0.39 is 0 Å². The quantitative estimate of drug-likeness (QED) is 0.455. The van der Waals surface area contributed by atoms with Crippen LogP contribution in [0.25, 0.3) is 0 Å². The van der Waals surface area contributed by atoms with E-state index in [-0.39, 0.29) is 11.9 Å². The number of nitrogens with one attached hydrogen (secondary N) is 1. The predicted molar refractivity (Wildman–Crippen MR) is 134 cm³/mol. The Balaban J connectivity index is 1.57. The summed E-state index contributed by atoms with van der Waals surface area (Å²) in [7, 11) is 5.28. The Hall–Kier alpha value is -3.46. The number of ether oxygens (including phenoxy) is 2. The van der Waals surface area contributed by atoms with Crippen LogP contribution in [-0.4, -0.2) is 82.3 Å². The van der Waals surface area contributed by atoms with E-state index in [0.717, 1.165) is 31.7 Å². The molecule has 0 unspecified atom stereocenters. The maximum absolute atomic E-state index is 13.1. The number of aryl methyl sites for hydroxylation is 1. The van der Waals surface area contributed by atoms with E-state index in [1.165, 1.54) is 7.11 Å². The Morgan fingerprint density at radius 1 is 1.09 bits per heavy atom. The van der Waals surface area contributed by atoms with Crippen LogP contribution >= 0.6 is 0 Å². The first-order chi connectivity index (χ1) is 16.3. The van der Waals surface area contributed by atoms with Crippen LogP contribution in [0.15, 0.2) is 36.4 Å². The highest BCUT2D eigenvalue weighted by Crippen LogP contribution is 2.31. The SMILES string of the molecule is COc1cc(C(=O)N(C)c2ccc(C)cc2OCCCNC(=O)N2CCN(C)CC2)ccc1N. The molecule has 9 nitrogen and oxygen atoms in total. The maximum atomic E-state index is 13.1. The van der Waals surface area contributed by atoms with Crippen molar-refractivity contribution in [3.05, 3.63) is 47.5 Å². The van der Waals surface area contributed by atoms with Crippen molar-refractivity contribution in [2.24, 2.45) is 0 Å². The number of amides is 3. The van der Waals surface area contributed by atoms with Gasteiger partial charge < -0.3 is 35.2 Å². The minimum atomic E-state index is -0.202. The van der Waals surface area contributed by atoms with Gasteiger partial charge in [0, 0.05) is 45.3 Å². The monoisotopic (exact) mass is 469 g/mol. The number of carbonyl (C=O) groups is 2. The Morgan fingerprint density at radius 3 is 2.53 bits per heavy atom. The van der Waals surface area contributed by atoms with Gasteiger partial charge in [-0.1, -0.05) is 6.07 Å². The maximum Gasteiger partial charge on any atom is 0.317 e. The molecule has 1 aliphatic heterocycles. The zero-order valence-electron chi connectivity index (χ0n) is 20.5. The van der Waals surface area contributed by atoms with Gasteiger partial charge in [0.1, 0.15) is 11.5 Å². The van der Waals surface area contributed by atoms with Crippen LogP contribution in [0.4, 0.5) is 16.2 Å². The molecule has 1 aliphatic rings. The van der Waals surface area contributed by atoms with Crippen LogP contribution in [0.2, 0.25) is 0 Å². The first-order valence-corrected chi connectivity index (χ1v) is 11.5. The van der Waals surface area contributed by atoms with Crippen LogP contribution in [0.5, 0.6) is 11.5 Å². The van der Waals surface area contributed by atoms with Crippen molar-refractivity contribution in [1.29, 1.82) is 0 Å². The van der Waals surface area contributed by atoms with E-state index in [4.69, 9.17) is 15.2 Å². The number of urea groups is 1. The molecule has 3 amide bonds. The number of nitrogens with two attached hydrogens (primary N) is 1. The lowest BCUT2D eigenvalue weighted by Gasteiger charge is -2.32. The summed E-state index contributed by atoms with van der Waals surface area (Å²) in [5, 5.41) is 2.96. The third-order valence-corrected chi connectivity index (χ3v) is 5.91. The number of methoxy groups -OCH3 is 1. The van der Waals surface area contributed by atoms with Crippen molar-refractivity contribution in [3.8, 4) is 11.5 Å². The van der Waals surface area contributed by atoms with E-state index in [2.05, 4.69) is 17.3 Å². The van der Waals surface area contributed by atoms with E-state index in [1.807, 2.05) is 30.0 Å².